The van der Waals surface area contributed by atoms with Crippen molar-refractivity contribution in [1.82, 2.24) is 34.5 Å². The quantitative estimate of drug-likeness (QED) is 0.182. The summed E-state index contributed by atoms with van der Waals surface area (Å²) >= 11 is 7.77. The van der Waals surface area contributed by atoms with Crippen molar-refractivity contribution in [2.24, 2.45) is 0 Å². The predicted octanol–water partition coefficient (Wildman–Crippen LogP) is 6.54. The summed E-state index contributed by atoms with van der Waals surface area (Å²) in [6.07, 6.45) is 1.40. The van der Waals surface area contributed by atoms with E-state index < -0.39 is 41.5 Å². The summed E-state index contributed by atoms with van der Waals surface area (Å²) in [6.45, 7) is 5.50. The van der Waals surface area contributed by atoms with Crippen LogP contribution in [0.1, 0.15) is 45.1 Å². The first kappa shape index (κ1) is 35.3. The van der Waals surface area contributed by atoms with Crippen molar-refractivity contribution in [3.8, 4) is 23.2 Å². The van der Waals surface area contributed by atoms with Crippen molar-refractivity contribution in [2.45, 2.75) is 63.3 Å². The van der Waals surface area contributed by atoms with Crippen LogP contribution in [0.15, 0.2) is 24.5 Å². The Morgan fingerprint density at radius 2 is 2.08 bits per heavy atom. The summed E-state index contributed by atoms with van der Waals surface area (Å²) in [4.78, 5) is 31.7. The average molecular weight is 769 g/mol. The van der Waals surface area contributed by atoms with Crippen LogP contribution < -0.4 is 15.4 Å². The fourth-order valence-corrected chi connectivity index (χ4v) is 9.71. The molecule has 0 unspecified atom stereocenters. The first-order valence-electron chi connectivity index (χ1n) is 17.2. The van der Waals surface area contributed by atoms with Gasteiger partial charge in [0.1, 0.15) is 47.3 Å². The van der Waals surface area contributed by atoms with E-state index in [0.29, 0.717) is 31.7 Å². The lowest BCUT2D eigenvalue weighted by Gasteiger charge is -2.33. The van der Waals surface area contributed by atoms with Crippen LogP contribution in [0.5, 0.6) is 6.01 Å². The summed E-state index contributed by atoms with van der Waals surface area (Å²) in [7, 11) is 0. The molecule has 3 fully saturated rings. The number of carbonyl (C=O) groups excluding carboxylic acids is 1. The smallest absolute Gasteiger partial charge is 0.346 e. The minimum Gasteiger partial charge on any atom is -0.461 e. The SMILES string of the molecule is CCN(C(=O)n1cnc(F)n1)[C@@H]1CCN(c2nc(OC[C@@]34CCCN3C[C@H](F)C4)nc3c(F)c(-c4ccc(F)c5sc(N)c(C#N)c45)c(Cl)cc23)[C@@H]1C. The highest BCUT2D eigenvalue weighted by Gasteiger charge is 2.49. The number of likely N-dealkylation sites (N-methyl/N-ethyl adjacent to an activating group) is 1. The number of hydrogen-bond acceptors (Lipinski definition) is 11. The molecule has 18 heteroatoms. The number of benzene rings is 2. The number of rotatable bonds is 7. The molecule has 2 aromatic carbocycles. The molecule has 3 saturated heterocycles. The Hall–Kier alpha value is -4.79. The molecule has 8 rings (SSSR count). The summed E-state index contributed by atoms with van der Waals surface area (Å²) in [5, 5.41) is 13.9. The van der Waals surface area contributed by atoms with Crippen LogP contribution in [0.25, 0.3) is 32.1 Å². The molecule has 3 aromatic heterocycles. The number of hydrogen-bond donors (Lipinski definition) is 1. The van der Waals surface area contributed by atoms with E-state index in [9.17, 15) is 23.2 Å². The molecule has 2 N–H and O–H groups in total. The maximum Gasteiger partial charge on any atom is 0.346 e. The molecule has 0 bridgehead atoms. The number of halogens is 5. The lowest BCUT2D eigenvalue weighted by Crippen LogP contribution is -2.48. The van der Waals surface area contributed by atoms with Gasteiger partial charge in [0.25, 0.3) is 0 Å². The topological polar surface area (TPSA) is 142 Å². The van der Waals surface area contributed by atoms with Gasteiger partial charge in [-0.25, -0.2) is 18.0 Å². The van der Waals surface area contributed by atoms with Crippen molar-refractivity contribution in [3.05, 3.63) is 52.8 Å². The number of nitriles is 1. The summed E-state index contributed by atoms with van der Waals surface area (Å²) < 4.78 is 67.6. The van der Waals surface area contributed by atoms with E-state index in [0.717, 1.165) is 41.7 Å². The molecule has 276 valence electrons. The van der Waals surface area contributed by atoms with Gasteiger partial charge in [0.15, 0.2) is 5.82 Å². The van der Waals surface area contributed by atoms with Gasteiger partial charge in [-0.1, -0.05) is 17.7 Å². The minimum absolute atomic E-state index is 0.00570. The fraction of sp³-hybridized carbons (Fsp3) is 0.429. The van der Waals surface area contributed by atoms with E-state index in [2.05, 4.69) is 20.0 Å². The zero-order valence-electron chi connectivity index (χ0n) is 28.6. The van der Waals surface area contributed by atoms with Crippen molar-refractivity contribution in [3.63, 3.8) is 0 Å². The largest absolute Gasteiger partial charge is 0.461 e. The van der Waals surface area contributed by atoms with E-state index in [1.807, 2.05) is 17.9 Å². The number of alkyl halides is 1. The van der Waals surface area contributed by atoms with Crippen molar-refractivity contribution in [2.75, 3.05) is 43.4 Å². The zero-order chi connectivity index (χ0) is 37.3. The Morgan fingerprint density at radius 1 is 1.26 bits per heavy atom. The van der Waals surface area contributed by atoms with Gasteiger partial charge in [0, 0.05) is 48.4 Å². The molecular formula is C35H33ClF4N10O2S. The zero-order valence-corrected chi connectivity index (χ0v) is 30.2. The second-order valence-corrected chi connectivity index (χ2v) is 15.2. The predicted molar refractivity (Wildman–Crippen MR) is 191 cm³/mol. The molecule has 0 spiro atoms. The van der Waals surface area contributed by atoms with Crippen molar-refractivity contribution >= 4 is 60.8 Å². The van der Waals surface area contributed by atoms with Gasteiger partial charge in [-0.05, 0) is 57.4 Å². The molecule has 5 aromatic rings. The molecule has 6 heterocycles. The number of ether oxygens (including phenoxy) is 1. The lowest BCUT2D eigenvalue weighted by molar-refractivity contribution is 0.107. The Labute approximate surface area is 309 Å². The molecule has 53 heavy (non-hydrogen) atoms. The number of nitrogens with zero attached hydrogens (tertiary/aromatic N) is 9. The van der Waals surface area contributed by atoms with Gasteiger partial charge in [-0.2, -0.15) is 29.3 Å². The summed E-state index contributed by atoms with van der Waals surface area (Å²) in [5.41, 5.74) is 5.45. The van der Waals surface area contributed by atoms with Crippen molar-refractivity contribution < 1.29 is 27.1 Å². The van der Waals surface area contributed by atoms with E-state index in [1.165, 1.54) is 18.2 Å². The second kappa shape index (κ2) is 13.3. The monoisotopic (exact) mass is 768 g/mol. The van der Waals surface area contributed by atoms with Crippen LogP contribution in [0.2, 0.25) is 5.02 Å². The highest BCUT2D eigenvalue weighted by Crippen LogP contribution is 2.47. The lowest BCUT2D eigenvalue weighted by atomic mass is 9.95. The van der Waals surface area contributed by atoms with Crippen LogP contribution in [-0.2, 0) is 0 Å². The third-order valence-electron chi connectivity index (χ3n) is 10.9. The van der Waals surface area contributed by atoms with Crippen LogP contribution in [-0.4, -0.2) is 97.1 Å². The van der Waals surface area contributed by atoms with Crippen LogP contribution in [0, 0.1) is 29.0 Å². The first-order valence-corrected chi connectivity index (χ1v) is 18.4. The maximum atomic E-state index is 17.2. The number of anilines is 2. The number of carbonyl (C=O) groups is 1. The number of thiophene rings is 1. The fourth-order valence-electron chi connectivity index (χ4n) is 8.46. The highest BCUT2D eigenvalue weighted by atomic mass is 35.5. The Balaban J connectivity index is 1.25. The molecule has 0 aliphatic carbocycles. The molecule has 3 aliphatic rings. The molecular weight excluding hydrogens is 736 g/mol. The van der Waals surface area contributed by atoms with Crippen molar-refractivity contribution in [1.29, 1.82) is 5.26 Å². The van der Waals surface area contributed by atoms with Crippen LogP contribution in [0.4, 0.5) is 33.2 Å². The van der Waals surface area contributed by atoms with E-state index in [-0.39, 0.29) is 72.9 Å². The van der Waals surface area contributed by atoms with E-state index in [1.54, 1.807) is 11.8 Å². The standard InChI is InChI=1S/C35H33ClF4N10O2S/c1-3-48(34(51)50-16-43-32(40)46-50)24-7-10-49(17(24)2)31-20-11-22(36)26(19-5-6-23(38)29-25(19)21(13-41)30(42)53-29)27(39)28(20)44-33(45-31)52-15-35-8-4-9-47(35)14-18(37)12-35/h5-6,11,16-18,24H,3-4,7-10,12,14-15,42H2,1-2H3/t17-,18-,24-,35+/m1/s1. The van der Waals surface area contributed by atoms with Gasteiger partial charge in [0.05, 0.1) is 26.9 Å². The highest BCUT2D eigenvalue weighted by molar-refractivity contribution is 7.23. The Bertz CT molecular complexity index is 2330. The van der Waals surface area contributed by atoms with Gasteiger partial charge in [0.2, 0.25) is 0 Å². The number of aromatic nitrogens is 5. The van der Waals surface area contributed by atoms with Gasteiger partial charge < -0.3 is 20.3 Å². The third-order valence-corrected chi connectivity index (χ3v) is 12.2. The number of amides is 1. The molecule has 12 nitrogen and oxygen atoms in total. The minimum atomic E-state index is -1.03. The second-order valence-electron chi connectivity index (χ2n) is 13.7. The van der Waals surface area contributed by atoms with E-state index >= 15 is 4.39 Å². The van der Waals surface area contributed by atoms with Gasteiger partial charge in [-0.3, -0.25) is 4.90 Å². The molecule has 1 amide bonds. The van der Waals surface area contributed by atoms with Gasteiger partial charge in [-0.15, -0.1) is 16.4 Å². The summed E-state index contributed by atoms with van der Waals surface area (Å²) in [5.74, 6) is -1.18. The summed E-state index contributed by atoms with van der Waals surface area (Å²) in [6, 6.07) is 4.57. The molecule has 0 radical (unpaired) electrons. The van der Waals surface area contributed by atoms with Gasteiger partial charge >= 0.3 is 18.1 Å². The average Bonchev–Trinajstić information content (AvgIpc) is 3.95. The number of nitrogen functional groups attached to an aromatic ring is 1. The number of fused-ring (bicyclic) bond motifs is 3. The maximum absolute atomic E-state index is 17.2. The normalized spacial score (nSPS) is 22.9. The third kappa shape index (κ3) is 5.69. The molecule has 3 aliphatic heterocycles. The van der Waals surface area contributed by atoms with Crippen LogP contribution >= 0.6 is 22.9 Å². The number of nitrogens with two attached hydrogens (primary N) is 1. The van der Waals surface area contributed by atoms with Crippen LogP contribution in [0.3, 0.4) is 0 Å². The van der Waals surface area contributed by atoms with E-state index in [4.69, 9.17) is 27.1 Å². The molecule has 0 saturated carbocycles. The first-order chi connectivity index (χ1) is 25.4. The Kier molecular flexibility index (Phi) is 8.82. The molecule has 4 atom stereocenters. The Morgan fingerprint density at radius 3 is 2.81 bits per heavy atom.